The molecule has 0 radical (unpaired) electrons. The van der Waals surface area contributed by atoms with Gasteiger partial charge in [0.25, 0.3) is 0 Å². The molecule has 0 bridgehead atoms. The second-order valence-corrected chi connectivity index (χ2v) is 4.95. The molecule has 0 spiro atoms. The minimum Gasteiger partial charge on any atom is -0.314 e. The van der Waals surface area contributed by atoms with Crippen LogP contribution in [0.1, 0.15) is 59.8 Å². The smallest absolute Gasteiger partial charge is 0.00869 e. The van der Waals surface area contributed by atoms with Gasteiger partial charge in [0.05, 0.1) is 0 Å². The van der Waals surface area contributed by atoms with Crippen LogP contribution in [0.2, 0.25) is 0 Å². The van der Waals surface area contributed by atoms with E-state index in [1.54, 1.807) is 0 Å². The number of nitrogens with one attached hydrogen (secondary N) is 1. The van der Waals surface area contributed by atoms with Crippen LogP contribution in [0.15, 0.2) is 0 Å². The van der Waals surface area contributed by atoms with Crippen LogP contribution in [0.25, 0.3) is 0 Å². The van der Waals surface area contributed by atoms with Crippen molar-refractivity contribution in [2.75, 3.05) is 20.1 Å². The van der Waals surface area contributed by atoms with E-state index >= 15 is 0 Å². The van der Waals surface area contributed by atoms with Crippen molar-refractivity contribution in [3.8, 4) is 0 Å². The molecule has 0 aliphatic carbocycles. The van der Waals surface area contributed by atoms with Gasteiger partial charge < -0.3 is 10.2 Å². The van der Waals surface area contributed by atoms with Crippen molar-refractivity contribution in [3.63, 3.8) is 0 Å². The van der Waals surface area contributed by atoms with Crippen molar-refractivity contribution in [1.82, 2.24) is 10.2 Å². The van der Waals surface area contributed by atoms with Gasteiger partial charge in [0.15, 0.2) is 0 Å². The van der Waals surface area contributed by atoms with Crippen molar-refractivity contribution in [2.45, 2.75) is 71.9 Å². The summed E-state index contributed by atoms with van der Waals surface area (Å²) in [5.41, 5.74) is 0. The Balaban J connectivity index is 3.56. The molecular formula is C14H32N2. The van der Waals surface area contributed by atoms with Crippen LogP contribution >= 0.6 is 0 Å². The van der Waals surface area contributed by atoms with Crippen LogP contribution in [0.4, 0.5) is 0 Å². The molecule has 1 unspecified atom stereocenters. The van der Waals surface area contributed by atoms with E-state index in [2.05, 4.69) is 45.0 Å². The minimum atomic E-state index is 0.676. The third kappa shape index (κ3) is 7.24. The maximum Gasteiger partial charge on any atom is 0.00869 e. The molecule has 0 saturated heterocycles. The molecule has 16 heavy (non-hydrogen) atoms. The zero-order valence-electron chi connectivity index (χ0n) is 12.1. The van der Waals surface area contributed by atoms with Crippen molar-refractivity contribution >= 4 is 0 Å². The topological polar surface area (TPSA) is 15.3 Å². The predicted molar refractivity (Wildman–Crippen MR) is 74.0 cm³/mol. The molecule has 0 rings (SSSR count). The Kier molecular flexibility index (Phi) is 10.0. The number of hydrogen-bond donors (Lipinski definition) is 1. The van der Waals surface area contributed by atoms with E-state index in [1.807, 2.05) is 0 Å². The highest BCUT2D eigenvalue weighted by Gasteiger charge is 2.10. The molecule has 0 amide bonds. The highest BCUT2D eigenvalue weighted by Crippen LogP contribution is 2.08. The number of hydrogen-bond acceptors (Lipinski definition) is 2. The second kappa shape index (κ2) is 10.1. The Morgan fingerprint density at radius 2 is 1.75 bits per heavy atom. The van der Waals surface area contributed by atoms with Gasteiger partial charge in [0, 0.05) is 12.1 Å². The lowest BCUT2D eigenvalue weighted by molar-refractivity contribution is 0.223. The van der Waals surface area contributed by atoms with E-state index in [1.165, 1.54) is 38.6 Å². The first-order valence-electron chi connectivity index (χ1n) is 7.09. The highest BCUT2D eigenvalue weighted by molar-refractivity contribution is 4.67. The molecule has 0 heterocycles. The average molecular weight is 228 g/mol. The lowest BCUT2D eigenvalue weighted by Gasteiger charge is -2.26. The Hall–Kier alpha value is -0.0800. The summed E-state index contributed by atoms with van der Waals surface area (Å²) >= 11 is 0. The van der Waals surface area contributed by atoms with Crippen molar-refractivity contribution in [3.05, 3.63) is 0 Å². The first kappa shape index (κ1) is 15.9. The molecular weight excluding hydrogens is 196 g/mol. The fourth-order valence-electron chi connectivity index (χ4n) is 2.23. The van der Waals surface area contributed by atoms with E-state index in [9.17, 15) is 0 Å². The third-order valence-corrected chi connectivity index (χ3v) is 3.46. The molecule has 0 aromatic carbocycles. The minimum absolute atomic E-state index is 0.676. The van der Waals surface area contributed by atoms with Gasteiger partial charge in [-0.2, -0.15) is 0 Å². The van der Waals surface area contributed by atoms with Gasteiger partial charge in [0.2, 0.25) is 0 Å². The Morgan fingerprint density at radius 3 is 2.25 bits per heavy atom. The van der Waals surface area contributed by atoms with Gasteiger partial charge in [0.1, 0.15) is 0 Å². The van der Waals surface area contributed by atoms with E-state index in [0.717, 1.165) is 12.6 Å². The quantitative estimate of drug-likeness (QED) is 0.617. The molecule has 0 fully saturated rings. The lowest BCUT2D eigenvalue weighted by Crippen LogP contribution is -2.33. The normalized spacial score (nSPS) is 13.7. The molecule has 0 aromatic heterocycles. The molecule has 2 heteroatoms. The van der Waals surface area contributed by atoms with Gasteiger partial charge in [-0.05, 0) is 59.2 Å². The van der Waals surface area contributed by atoms with Crippen molar-refractivity contribution in [1.29, 1.82) is 0 Å². The Morgan fingerprint density at radius 1 is 1.12 bits per heavy atom. The van der Waals surface area contributed by atoms with Crippen LogP contribution in [0.3, 0.4) is 0 Å². The van der Waals surface area contributed by atoms with Crippen LogP contribution in [0.5, 0.6) is 0 Å². The van der Waals surface area contributed by atoms with E-state index in [-0.39, 0.29) is 0 Å². The van der Waals surface area contributed by atoms with E-state index < -0.39 is 0 Å². The second-order valence-electron chi connectivity index (χ2n) is 4.95. The first-order valence-corrected chi connectivity index (χ1v) is 7.09. The molecule has 1 N–H and O–H groups in total. The highest BCUT2D eigenvalue weighted by atomic mass is 15.1. The average Bonchev–Trinajstić information content (AvgIpc) is 2.28. The Labute approximate surface area is 103 Å². The van der Waals surface area contributed by atoms with Crippen LogP contribution < -0.4 is 5.32 Å². The van der Waals surface area contributed by atoms with Gasteiger partial charge in [-0.3, -0.25) is 0 Å². The summed E-state index contributed by atoms with van der Waals surface area (Å²) in [6, 6.07) is 1.45. The summed E-state index contributed by atoms with van der Waals surface area (Å²) < 4.78 is 0. The molecule has 0 aromatic rings. The van der Waals surface area contributed by atoms with Crippen LogP contribution in [0, 0.1) is 0 Å². The summed E-state index contributed by atoms with van der Waals surface area (Å²) in [4.78, 5) is 2.52. The molecule has 0 aliphatic heterocycles. The van der Waals surface area contributed by atoms with Gasteiger partial charge in [-0.15, -0.1) is 0 Å². The fourth-order valence-corrected chi connectivity index (χ4v) is 2.23. The molecule has 98 valence electrons. The standard InChI is InChI=1S/C14H32N2/c1-6-11-15-13(4)10-9-12-16(5)14(7-2)8-3/h13-15H,6-12H2,1-5H3. The van der Waals surface area contributed by atoms with Crippen molar-refractivity contribution in [2.24, 2.45) is 0 Å². The fraction of sp³-hybridized carbons (Fsp3) is 1.00. The van der Waals surface area contributed by atoms with E-state index in [4.69, 9.17) is 0 Å². The number of rotatable bonds is 10. The summed E-state index contributed by atoms with van der Waals surface area (Å²) in [5, 5.41) is 3.54. The summed E-state index contributed by atoms with van der Waals surface area (Å²) in [6.07, 6.45) is 6.39. The third-order valence-electron chi connectivity index (χ3n) is 3.46. The maximum atomic E-state index is 3.54. The first-order chi connectivity index (χ1) is 7.65. The predicted octanol–water partition coefficient (Wildman–Crippen LogP) is 3.28. The monoisotopic (exact) mass is 228 g/mol. The van der Waals surface area contributed by atoms with Gasteiger partial charge >= 0.3 is 0 Å². The molecule has 0 saturated carbocycles. The summed E-state index contributed by atoms with van der Waals surface area (Å²) in [6.45, 7) is 11.5. The largest absolute Gasteiger partial charge is 0.314 e. The molecule has 0 aliphatic rings. The van der Waals surface area contributed by atoms with E-state index in [0.29, 0.717) is 6.04 Å². The lowest BCUT2D eigenvalue weighted by atomic mass is 10.1. The van der Waals surface area contributed by atoms with Crippen LogP contribution in [-0.4, -0.2) is 37.1 Å². The summed E-state index contributed by atoms with van der Waals surface area (Å²) in [7, 11) is 2.27. The van der Waals surface area contributed by atoms with Gasteiger partial charge in [-0.1, -0.05) is 20.8 Å². The number of nitrogens with zero attached hydrogens (tertiary/aromatic N) is 1. The SMILES string of the molecule is CCCNC(C)CCCN(C)C(CC)CC. The zero-order valence-corrected chi connectivity index (χ0v) is 12.1. The molecule has 1 atom stereocenters. The summed E-state index contributed by atoms with van der Waals surface area (Å²) in [5.74, 6) is 0. The molecule has 2 nitrogen and oxygen atoms in total. The van der Waals surface area contributed by atoms with Gasteiger partial charge in [-0.25, -0.2) is 0 Å². The van der Waals surface area contributed by atoms with Crippen LogP contribution in [-0.2, 0) is 0 Å². The zero-order chi connectivity index (χ0) is 12.4. The Bertz CT molecular complexity index is 144. The van der Waals surface area contributed by atoms with Crippen molar-refractivity contribution < 1.29 is 0 Å². The maximum absolute atomic E-state index is 3.54.